The molecule has 0 aliphatic carbocycles. The monoisotopic (exact) mass is 307 g/mol. The van der Waals surface area contributed by atoms with Gasteiger partial charge in [0.05, 0.1) is 24.0 Å². The number of carbonyl (C=O) groups is 1. The topological polar surface area (TPSA) is 58.7 Å². The summed E-state index contributed by atoms with van der Waals surface area (Å²) in [5.74, 6) is -1.10. The number of pyridine rings is 1. The third-order valence-electron chi connectivity index (χ3n) is 3.36. The Balaban J connectivity index is 1.89. The molecule has 0 saturated carbocycles. The Kier molecular flexibility index (Phi) is 4.12. The average molecular weight is 307 g/mol. The van der Waals surface area contributed by atoms with Crippen LogP contribution >= 0.6 is 11.3 Å². The van der Waals surface area contributed by atoms with E-state index in [1.165, 1.54) is 0 Å². The van der Waals surface area contributed by atoms with E-state index >= 15 is 0 Å². The SMILES string of the molecule is N#C[C@@H](C(=O)c1cccn1Cc1cccs1)c1ccccn1. The highest BCUT2D eigenvalue weighted by Crippen LogP contribution is 2.20. The quantitative estimate of drug-likeness (QED) is 0.678. The van der Waals surface area contributed by atoms with E-state index in [0.717, 1.165) is 4.88 Å². The summed E-state index contributed by atoms with van der Waals surface area (Å²) in [5.41, 5.74) is 1.02. The van der Waals surface area contributed by atoms with Crippen molar-refractivity contribution in [1.82, 2.24) is 9.55 Å². The Hall–Kier alpha value is -2.71. The standard InChI is InChI=1S/C17H13N3OS/c18-11-14(15-6-1-2-8-19-15)17(21)16-7-3-9-20(16)12-13-5-4-10-22-13/h1-10,14H,12H2/t14-/m1/s1. The lowest BCUT2D eigenvalue weighted by Gasteiger charge is -2.11. The lowest BCUT2D eigenvalue weighted by atomic mass is 9.99. The first-order valence-electron chi connectivity index (χ1n) is 6.82. The van der Waals surface area contributed by atoms with E-state index in [1.807, 2.05) is 34.3 Å². The maximum absolute atomic E-state index is 12.7. The van der Waals surface area contributed by atoms with Gasteiger partial charge in [0.25, 0.3) is 0 Å². The third kappa shape index (κ3) is 2.83. The van der Waals surface area contributed by atoms with Gasteiger partial charge in [0.1, 0.15) is 0 Å². The van der Waals surface area contributed by atoms with Gasteiger partial charge in [-0.1, -0.05) is 12.1 Å². The summed E-state index contributed by atoms with van der Waals surface area (Å²) in [6.07, 6.45) is 3.46. The van der Waals surface area contributed by atoms with Crippen LogP contribution in [0.3, 0.4) is 0 Å². The number of ketones is 1. The minimum absolute atomic E-state index is 0.220. The summed E-state index contributed by atoms with van der Waals surface area (Å²) in [5, 5.41) is 11.4. The first-order chi connectivity index (χ1) is 10.8. The van der Waals surface area contributed by atoms with E-state index in [2.05, 4.69) is 11.1 Å². The predicted octanol–water partition coefficient (Wildman–Crippen LogP) is 3.48. The number of hydrogen-bond donors (Lipinski definition) is 0. The normalized spacial score (nSPS) is 11.8. The van der Waals surface area contributed by atoms with Crippen molar-refractivity contribution in [2.45, 2.75) is 12.5 Å². The zero-order valence-electron chi connectivity index (χ0n) is 11.7. The number of carbonyl (C=O) groups excluding carboxylic acids is 1. The van der Waals surface area contributed by atoms with Crippen molar-refractivity contribution in [2.75, 3.05) is 0 Å². The number of aromatic nitrogens is 2. The lowest BCUT2D eigenvalue weighted by Crippen LogP contribution is -2.17. The Bertz CT molecular complexity index is 800. The number of hydrogen-bond acceptors (Lipinski definition) is 4. The third-order valence-corrected chi connectivity index (χ3v) is 4.22. The van der Waals surface area contributed by atoms with Gasteiger partial charge in [-0.05, 0) is 35.7 Å². The van der Waals surface area contributed by atoms with E-state index in [0.29, 0.717) is 17.9 Å². The Morgan fingerprint density at radius 2 is 2.18 bits per heavy atom. The summed E-state index contributed by atoms with van der Waals surface area (Å²) in [6.45, 7) is 0.631. The molecule has 0 bridgehead atoms. The number of nitrogens with zero attached hydrogens (tertiary/aromatic N) is 3. The summed E-state index contributed by atoms with van der Waals surface area (Å²) in [7, 11) is 0. The van der Waals surface area contributed by atoms with Crippen LogP contribution in [0.1, 0.15) is 27.0 Å². The van der Waals surface area contributed by atoms with Gasteiger partial charge < -0.3 is 4.57 Å². The average Bonchev–Trinajstić information content (AvgIpc) is 3.21. The van der Waals surface area contributed by atoms with Crippen molar-refractivity contribution in [3.8, 4) is 6.07 Å². The summed E-state index contributed by atoms with van der Waals surface area (Å²) < 4.78 is 1.88. The van der Waals surface area contributed by atoms with Crippen LogP contribution in [0.15, 0.2) is 60.2 Å². The fourth-order valence-corrected chi connectivity index (χ4v) is 3.00. The maximum Gasteiger partial charge on any atom is 0.202 e. The van der Waals surface area contributed by atoms with E-state index in [4.69, 9.17) is 0 Å². The molecule has 3 aromatic rings. The van der Waals surface area contributed by atoms with Gasteiger partial charge in [0, 0.05) is 17.3 Å². The van der Waals surface area contributed by atoms with Crippen LogP contribution in [0.5, 0.6) is 0 Å². The molecule has 0 saturated heterocycles. The molecule has 0 radical (unpaired) electrons. The molecule has 0 fully saturated rings. The first kappa shape index (κ1) is 14.2. The van der Waals surface area contributed by atoms with Crippen LogP contribution in [0, 0.1) is 11.3 Å². The van der Waals surface area contributed by atoms with Crippen molar-refractivity contribution in [2.24, 2.45) is 0 Å². The molecule has 4 nitrogen and oxygen atoms in total. The molecule has 0 amide bonds. The zero-order valence-corrected chi connectivity index (χ0v) is 12.5. The number of thiophene rings is 1. The van der Waals surface area contributed by atoms with E-state index in [-0.39, 0.29) is 5.78 Å². The number of nitriles is 1. The predicted molar refractivity (Wildman–Crippen MR) is 84.8 cm³/mol. The first-order valence-corrected chi connectivity index (χ1v) is 7.70. The van der Waals surface area contributed by atoms with Gasteiger partial charge in [-0.3, -0.25) is 9.78 Å². The van der Waals surface area contributed by atoms with Crippen molar-refractivity contribution in [3.05, 3.63) is 76.5 Å². The second-order valence-corrected chi connectivity index (χ2v) is 5.81. The molecule has 0 unspecified atom stereocenters. The molecule has 0 spiro atoms. The van der Waals surface area contributed by atoms with Crippen LogP contribution in [0.4, 0.5) is 0 Å². The molecular formula is C17H13N3OS. The second-order valence-electron chi connectivity index (χ2n) is 4.78. The van der Waals surface area contributed by atoms with Crippen LogP contribution in [0.25, 0.3) is 0 Å². The van der Waals surface area contributed by atoms with Crippen LogP contribution < -0.4 is 0 Å². The van der Waals surface area contributed by atoms with Crippen LogP contribution in [-0.2, 0) is 6.54 Å². The summed E-state index contributed by atoms with van der Waals surface area (Å²) in [6, 6.07) is 14.9. The van der Waals surface area contributed by atoms with Gasteiger partial charge in [0.2, 0.25) is 5.78 Å². The molecule has 0 aliphatic heterocycles. The fraction of sp³-hybridized carbons (Fsp3) is 0.118. The van der Waals surface area contributed by atoms with Gasteiger partial charge in [-0.15, -0.1) is 11.3 Å². The number of Topliss-reactive ketones (excluding diaryl/α,β-unsaturated/α-hetero) is 1. The van der Waals surface area contributed by atoms with Gasteiger partial charge in [-0.2, -0.15) is 5.26 Å². The molecule has 0 aromatic carbocycles. The van der Waals surface area contributed by atoms with Crippen LogP contribution in [-0.4, -0.2) is 15.3 Å². The van der Waals surface area contributed by atoms with Crippen molar-refractivity contribution in [1.29, 1.82) is 5.26 Å². The molecule has 22 heavy (non-hydrogen) atoms. The molecule has 0 aliphatic rings. The highest BCUT2D eigenvalue weighted by atomic mass is 32.1. The molecule has 0 N–H and O–H groups in total. The van der Waals surface area contributed by atoms with E-state index < -0.39 is 5.92 Å². The van der Waals surface area contributed by atoms with Crippen LogP contribution in [0.2, 0.25) is 0 Å². The van der Waals surface area contributed by atoms with E-state index in [9.17, 15) is 10.1 Å². The molecule has 1 atom stereocenters. The maximum atomic E-state index is 12.7. The molecule has 3 rings (SSSR count). The van der Waals surface area contributed by atoms with E-state index in [1.54, 1.807) is 41.8 Å². The van der Waals surface area contributed by atoms with Gasteiger partial charge in [-0.25, -0.2) is 0 Å². The molecule has 3 heterocycles. The summed E-state index contributed by atoms with van der Waals surface area (Å²) >= 11 is 1.64. The number of rotatable bonds is 5. The van der Waals surface area contributed by atoms with Crippen molar-refractivity contribution < 1.29 is 4.79 Å². The largest absolute Gasteiger partial charge is 0.340 e. The molecule has 5 heteroatoms. The second kappa shape index (κ2) is 6.37. The summed E-state index contributed by atoms with van der Waals surface area (Å²) in [4.78, 5) is 18.0. The zero-order chi connectivity index (χ0) is 15.4. The highest BCUT2D eigenvalue weighted by molar-refractivity contribution is 7.09. The lowest BCUT2D eigenvalue weighted by molar-refractivity contribution is 0.0969. The van der Waals surface area contributed by atoms with Gasteiger partial charge >= 0.3 is 0 Å². The Morgan fingerprint density at radius 3 is 2.86 bits per heavy atom. The smallest absolute Gasteiger partial charge is 0.202 e. The van der Waals surface area contributed by atoms with Crippen molar-refractivity contribution >= 4 is 17.1 Å². The molecule has 3 aromatic heterocycles. The highest BCUT2D eigenvalue weighted by Gasteiger charge is 2.25. The Morgan fingerprint density at radius 1 is 1.27 bits per heavy atom. The Labute approximate surface area is 132 Å². The molecular weight excluding hydrogens is 294 g/mol. The fourth-order valence-electron chi connectivity index (χ4n) is 2.30. The molecule has 108 valence electrons. The minimum atomic E-state index is -0.877. The van der Waals surface area contributed by atoms with Crippen molar-refractivity contribution in [3.63, 3.8) is 0 Å². The minimum Gasteiger partial charge on any atom is -0.340 e. The van der Waals surface area contributed by atoms with Gasteiger partial charge in [0.15, 0.2) is 5.92 Å².